The van der Waals surface area contributed by atoms with E-state index in [0.29, 0.717) is 41.1 Å². The second-order valence-electron chi connectivity index (χ2n) is 11.1. The zero-order chi connectivity index (χ0) is 32.0. The smallest absolute Gasteiger partial charge is 0.330 e. The van der Waals surface area contributed by atoms with Crippen molar-refractivity contribution in [3.05, 3.63) is 84.1 Å². The molecule has 12 heteroatoms. The van der Waals surface area contributed by atoms with Crippen LogP contribution < -0.4 is 40.1 Å². The number of ether oxygens (including phenoxy) is 2. The molecule has 2 aliphatic rings. The Labute approximate surface area is 268 Å². The summed E-state index contributed by atoms with van der Waals surface area (Å²) in [7, 11) is 3.15. The lowest BCUT2D eigenvalue weighted by molar-refractivity contribution is -0.115. The molecule has 1 saturated heterocycles. The zero-order valence-electron chi connectivity index (χ0n) is 26.2. The van der Waals surface area contributed by atoms with Gasteiger partial charge < -0.3 is 30.3 Å². The third kappa shape index (κ3) is 6.81. The van der Waals surface area contributed by atoms with Crippen molar-refractivity contribution in [1.82, 2.24) is 15.3 Å². The first kappa shape index (κ1) is 30.7. The summed E-state index contributed by atoms with van der Waals surface area (Å²) in [5, 5.41) is 9.55. The maximum Gasteiger partial charge on any atom is 0.330 e. The molecule has 0 atom stereocenters. The molecule has 0 unspecified atom stereocenters. The van der Waals surface area contributed by atoms with E-state index in [0.717, 1.165) is 43.0 Å². The second-order valence-corrected chi connectivity index (χ2v) is 11.1. The predicted octanol–water partition coefficient (Wildman–Crippen LogP) is 5.14. The SMILES string of the molecule is CCC(=O)Nc1ccc(CN2C(=O)N(c3cc(OC)cc(OC)c3)Cc3cnc(Nc4ccc(N5CCNCC5)cc4)nc32)cc1. The fourth-order valence-electron chi connectivity index (χ4n) is 5.50. The van der Waals surface area contributed by atoms with E-state index in [1.807, 2.05) is 36.4 Å². The van der Waals surface area contributed by atoms with Crippen LogP contribution in [0.3, 0.4) is 0 Å². The van der Waals surface area contributed by atoms with Gasteiger partial charge in [0.15, 0.2) is 0 Å². The van der Waals surface area contributed by atoms with E-state index in [1.54, 1.807) is 55.3 Å². The molecule has 2 aliphatic heterocycles. The monoisotopic (exact) mass is 622 g/mol. The van der Waals surface area contributed by atoms with Crippen LogP contribution in [0.1, 0.15) is 24.5 Å². The van der Waals surface area contributed by atoms with Crippen LogP contribution in [-0.4, -0.2) is 62.3 Å². The molecule has 12 nitrogen and oxygen atoms in total. The summed E-state index contributed by atoms with van der Waals surface area (Å²) in [6.07, 6.45) is 2.15. The molecule has 238 valence electrons. The predicted molar refractivity (Wildman–Crippen MR) is 180 cm³/mol. The molecule has 0 aliphatic carbocycles. The van der Waals surface area contributed by atoms with Crippen LogP contribution in [0.2, 0.25) is 0 Å². The van der Waals surface area contributed by atoms with E-state index in [2.05, 4.69) is 38.0 Å². The van der Waals surface area contributed by atoms with Gasteiger partial charge in [-0.25, -0.2) is 9.78 Å². The lowest BCUT2D eigenvalue weighted by Crippen LogP contribution is -2.47. The molecular formula is C34H38N8O4. The van der Waals surface area contributed by atoms with Crippen molar-refractivity contribution in [2.75, 3.05) is 65.7 Å². The van der Waals surface area contributed by atoms with Crippen molar-refractivity contribution in [1.29, 1.82) is 0 Å². The van der Waals surface area contributed by atoms with Crippen LogP contribution in [0.25, 0.3) is 0 Å². The molecule has 3 heterocycles. The number of hydrogen-bond donors (Lipinski definition) is 3. The van der Waals surface area contributed by atoms with Gasteiger partial charge in [0.2, 0.25) is 11.9 Å². The number of urea groups is 1. The van der Waals surface area contributed by atoms with E-state index < -0.39 is 0 Å². The van der Waals surface area contributed by atoms with Gasteiger partial charge in [-0.05, 0) is 42.0 Å². The number of aromatic nitrogens is 2. The molecule has 46 heavy (non-hydrogen) atoms. The van der Waals surface area contributed by atoms with Crippen molar-refractivity contribution in [3.8, 4) is 11.5 Å². The summed E-state index contributed by atoms with van der Waals surface area (Å²) in [5.41, 5.74) is 5.00. The molecule has 0 bridgehead atoms. The van der Waals surface area contributed by atoms with Gasteiger partial charge in [0.25, 0.3) is 0 Å². The Balaban J connectivity index is 1.30. The highest BCUT2D eigenvalue weighted by Crippen LogP contribution is 2.36. The quantitative estimate of drug-likeness (QED) is 0.221. The van der Waals surface area contributed by atoms with Gasteiger partial charge in [-0.15, -0.1) is 0 Å². The van der Waals surface area contributed by atoms with Crippen LogP contribution >= 0.6 is 0 Å². The van der Waals surface area contributed by atoms with Crippen molar-refractivity contribution in [2.24, 2.45) is 0 Å². The Hall–Kier alpha value is -5.36. The second kappa shape index (κ2) is 13.7. The van der Waals surface area contributed by atoms with E-state index in [9.17, 15) is 9.59 Å². The maximum atomic E-state index is 14.2. The molecule has 1 aromatic heterocycles. The Morgan fingerprint density at radius 3 is 2.24 bits per heavy atom. The minimum atomic E-state index is -0.254. The third-order valence-electron chi connectivity index (χ3n) is 8.04. The number of amides is 3. The largest absolute Gasteiger partial charge is 0.497 e. The van der Waals surface area contributed by atoms with Crippen molar-refractivity contribution in [3.63, 3.8) is 0 Å². The number of rotatable bonds is 10. The Kier molecular flexibility index (Phi) is 9.15. The molecule has 6 rings (SSSR count). The lowest BCUT2D eigenvalue weighted by atomic mass is 10.1. The summed E-state index contributed by atoms with van der Waals surface area (Å²) < 4.78 is 11.0. The minimum Gasteiger partial charge on any atom is -0.497 e. The Morgan fingerprint density at radius 2 is 1.59 bits per heavy atom. The molecule has 0 spiro atoms. The van der Waals surface area contributed by atoms with Crippen molar-refractivity contribution in [2.45, 2.75) is 26.4 Å². The number of anilines is 6. The van der Waals surface area contributed by atoms with E-state index in [4.69, 9.17) is 14.5 Å². The summed E-state index contributed by atoms with van der Waals surface area (Å²) in [4.78, 5) is 41.2. The molecule has 3 N–H and O–H groups in total. The highest BCUT2D eigenvalue weighted by Gasteiger charge is 2.34. The standard InChI is InChI=1S/C34H38N8O4/c1-4-31(43)37-25-7-5-23(6-8-25)21-42-32-24(22-41(34(42)44)28-17-29(45-2)19-30(18-28)46-3)20-36-33(39-32)38-26-9-11-27(12-10-26)40-15-13-35-14-16-40/h5-12,17-20,35H,4,13-16,21-22H2,1-3H3,(H,37,43)(H,36,38,39). The van der Waals surface area contributed by atoms with Crippen molar-refractivity contribution >= 4 is 46.5 Å². The zero-order valence-corrected chi connectivity index (χ0v) is 26.2. The number of piperazine rings is 1. The van der Waals surface area contributed by atoms with Gasteiger partial charge in [-0.3, -0.25) is 14.6 Å². The number of nitrogens with zero attached hydrogens (tertiary/aromatic N) is 5. The number of carbonyl (C=O) groups is 2. The highest BCUT2D eigenvalue weighted by molar-refractivity contribution is 6.05. The topological polar surface area (TPSA) is 124 Å². The molecule has 4 aromatic rings. The van der Waals surface area contributed by atoms with Gasteiger partial charge in [-0.2, -0.15) is 4.98 Å². The van der Waals surface area contributed by atoms with Crippen molar-refractivity contribution < 1.29 is 19.1 Å². The number of hydrogen-bond acceptors (Lipinski definition) is 9. The number of methoxy groups -OCH3 is 2. The number of benzene rings is 3. The van der Waals surface area contributed by atoms with Crippen LogP contribution in [0.5, 0.6) is 11.5 Å². The molecule has 0 radical (unpaired) electrons. The van der Waals surface area contributed by atoms with E-state index >= 15 is 0 Å². The van der Waals surface area contributed by atoms with Gasteiger partial charge in [0.05, 0.1) is 33.0 Å². The van der Waals surface area contributed by atoms with E-state index in [-0.39, 0.29) is 25.0 Å². The highest BCUT2D eigenvalue weighted by atomic mass is 16.5. The molecule has 1 fully saturated rings. The Bertz CT molecular complexity index is 1670. The van der Waals surface area contributed by atoms with Crippen LogP contribution in [0.4, 0.5) is 39.3 Å². The lowest BCUT2D eigenvalue weighted by Gasteiger charge is -2.36. The number of fused-ring (bicyclic) bond motifs is 1. The molecule has 0 saturated carbocycles. The first-order valence-electron chi connectivity index (χ1n) is 15.3. The third-order valence-corrected chi connectivity index (χ3v) is 8.04. The van der Waals surface area contributed by atoms with Gasteiger partial charge in [0, 0.05) is 79.6 Å². The number of nitrogens with one attached hydrogen (secondary N) is 3. The van der Waals surface area contributed by atoms with Crippen LogP contribution in [0, 0.1) is 0 Å². The summed E-state index contributed by atoms with van der Waals surface area (Å²) in [6.45, 7) is 6.21. The summed E-state index contributed by atoms with van der Waals surface area (Å²) in [6, 6.07) is 20.8. The average Bonchev–Trinajstić information content (AvgIpc) is 3.10. The normalized spacial score (nSPS) is 14.5. The summed E-state index contributed by atoms with van der Waals surface area (Å²) in [5.74, 6) is 1.99. The minimum absolute atomic E-state index is 0.0626. The summed E-state index contributed by atoms with van der Waals surface area (Å²) >= 11 is 0. The molecule has 3 amide bonds. The average molecular weight is 623 g/mol. The first-order valence-corrected chi connectivity index (χ1v) is 15.3. The van der Waals surface area contributed by atoms with Gasteiger partial charge >= 0.3 is 6.03 Å². The fourth-order valence-corrected chi connectivity index (χ4v) is 5.50. The Morgan fingerprint density at radius 1 is 0.913 bits per heavy atom. The first-order chi connectivity index (χ1) is 22.4. The van der Waals surface area contributed by atoms with Gasteiger partial charge in [0.1, 0.15) is 17.3 Å². The maximum absolute atomic E-state index is 14.2. The molecular weight excluding hydrogens is 584 g/mol. The van der Waals surface area contributed by atoms with Crippen LogP contribution in [0.15, 0.2) is 72.9 Å². The van der Waals surface area contributed by atoms with E-state index in [1.165, 1.54) is 5.69 Å². The van der Waals surface area contributed by atoms with Crippen LogP contribution in [-0.2, 0) is 17.9 Å². The fraction of sp³-hybridized carbons (Fsp3) is 0.294. The molecule has 3 aromatic carbocycles. The van der Waals surface area contributed by atoms with Gasteiger partial charge in [-0.1, -0.05) is 19.1 Å². The number of carbonyl (C=O) groups excluding carboxylic acids is 2.